The maximum absolute atomic E-state index is 12.7. The maximum atomic E-state index is 12.7. The van der Waals surface area contributed by atoms with Crippen molar-refractivity contribution in [2.75, 3.05) is 0 Å². The molecule has 0 bridgehead atoms. The van der Waals surface area contributed by atoms with Gasteiger partial charge in [0.05, 0.1) is 17.5 Å². The number of nitrogens with zero attached hydrogens (tertiary/aromatic N) is 1. The molecule has 0 aliphatic carbocycles. The number of pyridine rings is 1. The molecular formula is C14H12F3NO2. The topological polar surface area (TPSA) is 50.2 Å². The van der Waals surface area contributed by atoms with Crippen LogP contribution in [0.1, 0.15) is 23.2 Å². The summed E-state index contributed by atoms with van der Waals surface area (Å²) in [6, 6.07) is 5.00. The Bertz CT molecular complexity index is 665. The van der Waals surface area contributed by atoms with E-state index in [1.165, 1.54) is 6.07 Å². The zero-order valence-electron chi connectivity index (χ0n) is 10.7. The molecule has 106 valence electrons. The van der Waals surface area contributed by atoms with Crippen molar-refractivity contribution >= 4 is 16.9 Å². The third kappa shape index (κ3) is 3.07. The van der Waals surface area contributed by atoms with Crippen LogP contribution in [-0.4, -0.2) is 16.1 Å². The fourth-order valence-electron chi connectivity index (χ4n) is 2.00. The number of aliphatic carboxylic acids is 1. The van der Waals surface area contributed by atoms with Crippen LogP contribution in [0.15, 0.2) is 24.3 Å². The Kier molecular flexibility index (Phi) is 3.65. The molecule has 0 spiro atoms. The number of hydrogen-bond acceptors (Lipinski definition) is 2. The number of benzene rings is 1. The van der Waals surface area contributed by atoms with Gasteiger partial charge in [0, 0.05) is 17.5 Å². The second-order valence-electron chi connectivity index (χ2n) is 4.55. The first-order valence-corrected chi connectivity index (χ1v) is 5.96. The minimum absolute atomic E-state index is 0.0570. The number of alkyl halides is 3. The summed E-state index contributed by atoms with van der Waals surface area (Å²) in [6.07, 6.45) is -4.19. The first kappa shape index (κ1) is 14.3. The van der Waals surface area contributed by atoms with Crippen LogP contribution in [0.4, 0.5) is 13.2 Å². The summed E-state index contributed by atoms with van der Waals surface area (Å²) in [5.74, 6) is -0.933. The van der Waals surface area contributed by atoms with Gasteiger partial charge in [-0.1, -0.05) is 0 Å². The summed E-state index contributed by atoms with van der Waals surface area (Å²) in [5, 5.41) is 9.06. The number of rotatable bonds is 3. The van der Waals surface area contributed by atoms with Crippen LogP contribution in [0.5, 0.6) is 0 Å². The zero-order chi connectivity index (χ0) is 14.9. The van der Waals surface area contributed by atoms with E-state index in [0.29, 0.717) is 22.2 Å². The van der Waals surface area contributed by atoms with E-state index in [9.17, 15) is 18.0 Å². The van der Waals surface area contributed by atoms with Gasteiger partial charge < -0.3 is 5.11 Å². The van der Waals surface area contributed by atoms with Gasteiger partial charge in [0.2, 0.25) is 0 Å². The lowest BCUT2D eigenvalue weighted by Gasteiger charge is -2.10. The molecule has 1 aromatic heterocycles. The lowest BCUT2D eigenvalue weighted by molar-refractivity contribution is -0.138. The van der Waals surface area contributed by atoms with Crippen LogP contribution in [0.3, 0.4) is 0 Å². The van der Waals surface area contributed by atoms with Crippen LogP contribution < -0.4 is 0 Å². The van der Waals surface area contributed by atoms with Gasteiger partial charge >= 0.3 is 12.1 Å². The van der Waals surface area contributed by atoms with Crippen molar-refractivity contribution in [3.8, 4) is 0 Å². The smallest absolute Gasteiger partial charge is 0.416 e. The molecule has 1 aromatic carbocycles. The van der Waals surface area contributed by atoms with Gasteiger partial charge in [-0.25, -0.2) is 0 Å². The van der Waals surface area contributed by atoms with Gasteiger partial charge in [-0.2, -0.15) is 13.2 Å². The third-order valence-corrected chi connectivity index (χ3v) is 2.99. The molecule has 3 nitrogen and oxygen atoms in total. The zero-order valence-corrected chi connectivity index (χ0v) is 10.7. The normalized spacial score (nSPS) is 11.8. The quantitative estimate of drug-likeness (QED) is 0.936. The van der Waals surface area contributed by atoms with E-state index in [0.717, 1.165) is 12.1 Å². The van der Waals surface area contributed by atoms with Crippen LogP contribution >= 0.6 is 0 Å². The molecular weight excluding hydrogens is 271 g/mol. The van der Waals surface area contributed by atoms with Gasteiger partial charge in [0.1, 0.15) is 0 Å². The lowest BCUT2D eigenvalue weighted by Crippen LogP contribution is -2.05. The van der Waals surface area contributed by atoms with Crippen molar-refractivity contribution in [3.63, 3.8) is 0 Å². The van der Waals surface area contributed by atoms with E-state index in [4.69, 9.17) is 5.11 Å². The fourth-order valence-corrected chi connectivity index (χ4v) is 2.00. The Balaban J connectivity index is 2.44. The van der Waals surface area contributed by atoms with E-state index in [-0.39, 0.29) is 12.8 Å². The Morgan fingerprint density at radius 1 is 1.30 bits per heavy atom. The molecule has 1 heterocycles. The van der Waals surface area contributed by atoms with E-state index in [1.54, 1.807) is 13.0 Å². The lowest BCUT2D eigenvalue weighted by atomic mass is 10.0. The van der Waals surface area contributed by atoms with Crippen molar-refractivity contribution in [2.45, 2.75) is 25.9 Å². The maximum Gasteiger partial charge on any atom is 0.416 e. The van der Waals surface area contributed by atoms with E-state index in [1.807, 2.05) is 0 Å². The predicted octanol–water partition coefficient (Wildman–Crippen LogP) is 3.58. The molecule has 0 fully saturated rings. The monoisotopic (exact) mass is 283 g/mol. The van der Waals surface area contributed by atoms with Crippen molar-refractivity contribution in [2.24, 2.45) is 0 Å². The molecule has 2 rings (SSSR count). The summed E-state index contributed by atoms with van der Waals surface area (Å²) < 4.78 is 38.0. The van der Waals surface area contributed by atoms with Gasteiger partial charge in [-0.3, -0.25) is 9.78 Å². The standard InChI is InChI=1S/C14H12F3NO2/c1-8-6-10(3-5-13(19)20)18-12-4-2-9(7-11(8)12)14(15,16)17/h2,4,6-7H,3,5H2,1H3,(H,19,20). The summed E-state index contributed by atoms with van der Waals surface area (Å²) in [7, 11) is 0. The molecule has 2 aromatic rings. The number of fused-ring (bicyclic) bond motifs is 1. The molecule has 1 N–H and O–H groups in total. The van der Waals surface area contributed by atoms with E-state index in [2.05, 4.69) is 4.98 Å². The molecule has 0 saturated carbocycles. The summed E-state index contributed by atoms with van der Waals surface area (Å²) >= 11 is 0. The average Bonchev–Trinajstić information content (AvgIpc) is 2.35. The second kappa shape index (κ2) is 5.11. The highest BCUT2D eigenvalue weighted by Gasteiger charge is 2.30. The molecule has 0 unspecified atom stereocenters. The Morgan fingerprint density at radius 2 is 2.00 bits per heavy atom. The van der Waals surface area contributed by atoms with Gasteiger partial charge in [0.15, 0.2) is 0 Å². The van der Waals surface area contributed by atoms with Gasteiger partial charge in [-0.15, -0.1) is 0 Å². The molecule has 0 radical (unpaired) electrons. The highest BCUT2D eigenvalue weighted by molar-refractivity contribution is 5.83. The Hall–Kier alpha value is -2.11. The predicted molar refractivity (Wildman–Crippen MR) is 67.4 cm³/mol. The van der Waals surface area contributed by atoms with Gasteiger partial charge in [0.25, 0.3) is 0 Å². The molecule has 0 aliphatic rings. The first-order chi connectivity index (χ1) is 9.27. The Morgan fingerprint density at radius 3 is 2.60 bits per heavy atom. The van der Waals surface area contributed by atoms with Gasteiger partial charge in [-0.05, 0) is 36.8 Å². The molecule has 20 heavy (non-hydrogen) atoms. The molecule has 6 heteroatoms. The average molecular weight is 283 g/mol. The highest BCUT2D eigenvalue weighted by Crippen LogP contribution is 2.32. The van der Waals surface area contributed by atoms with Crippen LogP contribution in [0.25, 0.3) is 10.9 Å². The molecule has 0 aliphatic heterocycles. The number of carbonyl (C=O) groups is 1. The summed E-state index contributed by atoms with van der Waals surface area (Å²) in [5.41, 5.74) is 0.949. The SMILES string of the molecule is Cc1cc(CCC(=O)O)nc2ccc(C(F)(F)F)cc12. The van der Waals surface area contributed by atoms with Crippen molar-refractivity contribution in [1.29, 1.82) is 0 Å². The number of carboxylic acid groups (broad SMARTS) is 1. The van der Waals surface area contributed by atoms with Crippen LogP contribution in [0, 0.1) is 6.92 Å². The van der Waals surface area contributed by atoms with Crippen LogP contribution in [0.2, 0.25) is 0 Å². The van der Waals surface area contributed by atoms with Crippen molar-refractivity contribution < 1.29 is 23.1 Å². The van der Waals surface area contributed by atoms with Crippen molar-refractivity contribution in [1.82, 2.24) is 4.98 Å². The summed E-state index contributed by atoms with van der Waals surface area (Å²) in [6.45, 7) is 1.69. The number of halogens is 3. The number of hydrogen-bond donors (Lipinski definition) is 1. The molecule has 0 amide bonds. The largest absolute Gasteiger partial charge is 0.481 e. The Labute approximate surface area is 113 Å². The number of carboxylic acids is 1. The van der Waals surface area contributed by atoms with Crippen LogP contribution in [-0.2, 0) is 17.4 Å². The fraction of sp³-hybridized carbons (Fsp3) is 0.286. The second-order valence-corrected chi connectivity index (χ2v) is 4.55. The number of aromatic nitrogens is 1. The van der Waals surface area contributed by atoms with E-state index < -0.39 is 17.7 Å². The third-order valence-electron chi connectivity index (χ3n) is 2.99. The highest BCUT2D eigenvalue weighted by atomic mass is 19.4. The minimum atomic E-state index is -4.39. The number of aryl methyl sites for hydroxylation is 2. The summed E-state index contributed by atoms with van der Waals surface area (Å²) in [4.78, 5) is 14.7. The molecule has 0 atom stereocenters. The molecule has 0 saturated heterocycles. The van der Waals surface area contributed by atoms with Crippen molar-refractivity contribution in [3.05, 3.63) is 41.1 Å². The first-order valence-electron chi connectivity index (χ1n) is 5.96. The van der Waals surface area contributed by atoms with E-state index >= 15 is 0 Å². The minimum Gasteiger partial charge on any atom is -0.481 e.